The molecule has 0 unspecified atom stereocenters. The Hall–Kier alpha value is -4.59. The quantitative estimate of drug-likeness (QED) is 0.390. The number of amides is 1. The number of para-hydroxylation sites is 1. The van der Waals surface area contributed by atoms with Crippen LogP contribution in [0.2, 0.25) is 0 Å². The van der Waals surface area contributed by atoms with Gasteiger partial charge in [-0.25, -0.2) is 4.39 Å². The van der Waals surface area contributed by atoms with Crippen molar-refractivity contribution in [3.05, 3.63) is 106 Å². The molecular weight excluding hydrogens is 511 g/mol. The summed E-state index contributed by atoms with van der Waals surface area (Å²) < 4.78 is 31.2. The summed E-state index contributed by atoms with van der Waals surface area (Å²) in [5.74, 6) is -0.689. The zero-order chi connectivity index (χ0) is 28.4. The van der Waals surface area contributed by atoms with E-state index in [4.69, 9.17) is 14.2 Å². The SMILES string of the molecule is COc1cc([C@H]2C(C(=O)Nc3ccccc3F)=C(C)NC3=C2C(=O)C[C@@H](c2ccccc2)C3)cc(OC)c1OC. The molecule has 0 saturated carbocycles. The number of carbonyl (C=O) groups excluding carboxylic acids is 2. The molecule has 0 bridgehead atoms. The fourth-order valence-electron chi connectivity index (χ4n) is 5.65. The molecule has 0 spiro atoms. The molecule has 7 nitrogen and oxygen atoms in total. The lowest BCUT2D eigenvalue weighted by atomic mass is 9.71. The Morgan fingerprint density at radius 2 is 1.55 bits per heavy atom. The Balaban J connectivity index is 1.65. The number of hydrogen-bond donors (Lipinski definition) is 2. The average molecular weight is 543 g/mol. The van der Waals surface area contributed by atoms with E-state index >= 15 is 0 Å². The molecule has 8 heteroatoms. The van der Waals surface area contributed by atoms with E-state index in [9.17, 15) is 14.0 Å². The third kappa shape index (κ3) is 4.93. The van der Waals surface area contributed by atoms with Crippen molar-refractivity contribution in [2.24, 2.45) is 0 Å². The van der Waals surface area contributed by atoms with E-state index in [1.807, 2.05) is 30.3 Å². The van der Waals surface area contributed by atoms with Gasteiger partial charge in [0.1, 0.15) is 5.82 Å². The van der Waals surface area contributed by atoms with Gasteiger partial charge < -0.3 is 24.8 Å². The molecule has 2 aliphatic rings. The predicted octanol–water partition coefficient (Wildman–Crippen LogP) is 5.85. The van der Waals surface area contributed by atoms with Gasteiger partial charge >= 0.3 is 0 Å². The van der Waals surface area contributed by atoms with Crippen molar-refractivity contribution in [1.82, 2.24) is 5.32 Å². The number of halogens is 1. The third-order valence-electron chi connectivity index (χ3n) is 7.49. The molecule has 0 fully saturated rings. The predicted molar refractivity (Wildman–Crippen MR) is 150 cm³/mol. The lowest BCUT2D eigenvalue weighted by molar-refractivity contribution is -0.116. The van der Waals surface area contributed by atoms with Gasteiger partial charge in [0.25, 0.3) is 5.91 Å². The van der Waals surface area contributed by atoms with E-state index < -0.39 is 17.6 Å². The van der Waals surface area contributed by atoms with Crippen LogP contribution in [0, 0.1) is 5.82 Å². The molecule has 0 aromatic heterocycles. The summed E-state index contributed by atoms with van der Waals surface area (Å²) in [6.45, 7) is 1.79. The van der Waals surface area contributed by atoms with Crippen molar-refractivity contribution < 1.29 is 28.2 Å². The zero-order valence-corrected chi connectivity index (χ0v) is 22.8. The Bertz CT molecular complexity index is 1500. The van der Waals surface area contributed by atoms with Crippen LogP contribution in [0.3, 0.4) is 0 Å². The molecule has 40 heavy (non-hydrogen) atoms. The van der Waals surface area contributed by atoms with Gasteiger partial charge in [0, 0.05) is 34.9 Å². The molecule has 1 heterocycles. The van der Waals surface area contributed by atoms with E-state index in [0.717, 1.165) is 11.3 Å². The number of hydrogen-bond acceptors (Lipinski definition) is 6. The molecule has 0 radical (unpaired) electrons. The van der Waals surface area contributed by atoms with E-state index in [0.29, 0.717) is 52.5 Å². The van der Waals surface area contributed by atoms with E-state index in [1.54, 1.807) is 31.2 Å². The summed E-state index contributed by atoms with van der Waals surface area (Å²) in [5, 5.41) is 6.06. The number of ether oxygens (including phenoxy) is 3. The summed E-state index contributed by atoms with van der Waals surface area (Å²) >= 11 is 0. The van der Waals surface area contributed by atoms with Crippen molar-refractivity contribution in [2.75, 3.05) is 26.6 Å². The minimum Gasteiger partial charge on any atom is -0.493 e. The number of allylic oxidation sites excluding steroid dienone is 3. The molecule has 5 rings (SSSR count). The Morgan fingerprint density at radius 1 is 0.900 bits per heavy atom. The average Bonchev–Trinajstić information content (AvgIpc) is 2.97. The lowest BCUT2D eigenvalue weighted by Crippen LogP contribution is -2.37. The van der Waals surface area contributed by atoms with Gasteiger partial charge in [-0.15, -0.1) is 0 Å². The largest absolute Gasteiger partial charge is 0.493 e. The van der Waals surface area contributed by atoms with Crippen LogP contribution in [0.4, 0.5) is 10.1 Å². The minimum absolute atomic E-state index is 0.00197. The van der Waals surface area contributed by atoms with Crippen molar-refractivity contribution >= 4 is 17.4 Å². The van der Waals surface area contributed by atoms with Gasteiger partial charge in [0.05, 0.1) is 27.0 Å². The van der Waals surface area contributed by atoms with Gasteiger partial charge in [0.2, 0.25) is 5.75 Å². The maximum atomic E-state index is 14.5. The highest BCUT2D eigenvalue weighted by Crippen LogP contribution is 2.49. The molecule has 2 N–H and O–H groups in total. The smallest absolute Gasteiger partial charge is 0.254 e. The first-order valence-corrected chi connectivity index (χ1v) is 13.0. The maximum absolute atomic E-state index is 14.5. The molecule has 1 aliphatic carbocycles. The highest BCUT2D eigenvalue weighted by atomic mass is 19.1. The fourth-order valence-corrected chi connectivity index (χ4v) is 5.65. The highest BCUT2D eigenvalue weighted by Gasteiger charge is 2.41. The molecule has 3 aromatic rings. The van der Waals surface area contributed by atoms with Crippen LogP contribution in [0.15, 0.2) is 89.3 Å². The number of dihydropyridines is 1. The molecule has 2 atom stereocenters. The van der Waals surface area contributed by atoms with Crippen molar-refractivity contribution in [1.29, 1.82) is 0 Å². The second-order valence-electron chi connectivity index (χ2n) is 9.82. The molecule has 1 aliphatic heterocycles. The number of nitrogens with one attached hydrogen (secondary N) is 2. The first kappa shape index (κ1) is 27.0. The van der Waals surface area contributed by atoms with E-state index in [1.165, 1.54) is 33.5 Å². The number of carbonyl (C=O) groups is 2. The van der Waals surface area contributed by atoms with E-state index in [2.05, 4.69) is 10.6 Å². The highest BCUT2D eigenvalue weighted by molar-refractivity contribution is 6.10. The second kappa shape index (κ2) is 11.3. The third-order valence-corrected chi connectivity index (χ3v) is 7.49. The number of anilines is 1. The summed E-state index contributed by atoms with van der Waals surface area (Å²) in [5.41, 5.74) is 3.91. The van der Waals surface area contributed by atoms with Crippen LogP contribution in [0.25, 0.3) is 0 Å². The van der Waals surface area contributed by atoms with Gasteiger partial charge in [-0.3, -0.25) is 9.59 Å². The van der Waals surface area contributed by atoms with Crippen molar-refractivity contribution in [3.63, 3.8) is 0 Å². The van der Waals surface area contributed by atoms with Crippen LogP contribution in [-0.2, 0) is 9.59 Å². The zero-order valence-electron chi connectivity index (χ0n) is 22.8. The van der Waals surface area contributed by atoms with Gasteiger partial charge in [0.15, 0.2) is 17.3 Å². The lowest BCUT2D eigenvalue weighted by Gasteiger charge is -2.37. The Morgan fingerprint density at radius 3 is 2.17 bits per heavy atom. The molecule has 3 aromatic carbocycles. The molecule has 206 valence electrons. The molecule has 0 saturated heterocycles. The molecule has 1 amide bonds. The minimum atomic E-state index is -0.749. The number of ketones is 1. The Labute approximate surface area is 232 Å². The van der Waals surface area contributed by atoms with Crippen molar-refractivity contribution in [3.8, 4) is 17.2 Å². The molecular formula is C32H31FN2O5. The first-order chi connectivity index (χ1) is 19.4. The van der Waals surface area contributed by atoms with Crippen LogP contribution in [0.5, 0.6) is 17.2 Å². The second-order valence-corrected chi connectivity index (χ2v) is 9.82. The summed E-state index contributed by atoms with van der Waals surface area (Å²) in [4.78, 5) is 27.7. The van der Waals surface area contributed by atoms with E-state index in [-0.39, 0.29) is 17.4 Å². The topological polar surface area (TPSA) is 85.9 Å². The maximum Gasteiger partial charge on any atom is 0.254 e. The number of methoxy groups -OCH3 is 3. The first-order valence-electron chi connectivity index (χ1n) is 13.0. The number of benzene rings is 3. The Kier molecular flexibility index (Phi) is 7.60. The van der Waals surface area contributed by atoms with Crippen LogP contribution < -0.4 is 24.8 Å². The normalized spacial score (nSPS) is 18.6. The van der Waals surface area contributed by atoms with Crippen LogP contribution >= 0.6 is 0 Å². The summed E-state index contributed by atoms with van der Waals surface area (Å²) in [6, 6.07) is 19.4. The number of Topliss-reactive ketones (excluding diaryl/α,β-unsaturated/α-hetero) is 1. The summed E-state index contributed by atoms with van der Waals surface area (Å²) in [7, 11) is 4.53. The van der Waals surface area contributed by atoms with Crippen molar-refractivity contribution in [2.45, 2.75) is 31.6 Å². The standard InChI is InChI=1S/C32H31FN2O5/c1-18-28(32(37)35-23-13-9-8-12-22(23)33)29(21-16-26(38-2)31(40-4)27(17-21)39-3)30-24(34-18)14-20(15-25(30)36)19-10-6-5-7-11-19/h5-13,16-17,20,29,34H,14-15H2,1-4H3,(H,35,37)/t20-,29-/m0/s1. The van der Waals surface area contributed by atoms with Gasteiger partial charge in [-0.1, -0.05) is 42.5 Å². The van der Waals surface area contributed by atoms with Gasteiger partial charge in [-0.05, 0) is 54.7 Å². The monoisotopic (exact) mass is 542 g/mol. The number of rotatable bonds is 7. The van der Waals surface area contributed by atoms with Gasteiger partial charge in [-0.2, -0.15) is 0 Å². The fraction of sp³-hybridized carbons (Fsp3) is 0.250. The van der Waals surface area contributed by atoms with Crippen LogP contribution in [0.1, 0.15) is 42.7 Å². The van der Waals surface area contributed by atoms with Crippen LogP contribution in [-0.4, -0.2) is 33.0 Å². The summed E-state index contributed by atoms with van der Waals surface area (Å²) in [6.07, 6.45) is 0.901.